The molecule has 0 spiro atoms. The second kappa shape index (κ2) is 8.01. The first-order chi connectivity index (χ1) is 12.2. The van der Waals surface area contributed by atoms with Crippen molar-refractivity contribution in [1.82, 2.24) is 9.97 Å². The molecule has 0 bridgehead atoms. The van der Waals surface area contributed by atoms with Crippen LogP contribution in [0.3, 0.4) is 0 Å². The molecule has 0 saturated heterocycles. The highest BCUT2D eigenvalue weighted by atomic mass is 16.5. The van der Waals surface area contributed by atoms with Gasteiger partial charge >= 0.3 is 0 Å². The Morgan fingerprint density at radius 3 is 2.32 bits per heavy atom. The molecule has 1 aliphatic rings. The zero-order valence-corrected chi connectivity index (χ0v) is 14.8. The van der Waals surface area contributed by atoms with Gasteiger partial charge < -0.3 is 4.74 Å². The van der Waals surface area contributed by atoms with Crippen LogP contribution in [-0.2, 0) is 5.41 Å². The molecular weight excluding hydrogens is 312 g/mol. The minimum absolute atomic E-state index is 0.217. The van der Waals surface area contributed by atoms with Crippen LogP contribution in [0, 0.1) is 0 Å². The van der Waals surface area contributed by atoms with E-state index in [1.807, 2.05) is 43.6 Å². The van der Waals surface area contributed by atoms with E-state index < -0.39 is 5.41 Å². The molecule has 0 amide bonds. The third-order valence-electron chi connectivity index (χ3n) is 4.21. The average molecular weight is 336 g/mol. The second-order valence-electron chi connectivity index (χ2n) is 6.41. The Bertz CT molecular complexity index is 711. The van der Waals surface area contributed by atoms with Crippen molar-refractivity contribution in [2.45, 2.75) is 44.7 Å². The van der Waals surface area contributed by atoms with Gasteiger partial charge in [0.05, 0.1) is 12.0 Å². The number of nitrogens with zero attached hydrogens (tertiary/aromatic N) is 4. The van der Waals surface area contributed by atoms with E-state index in [2.05, 4.69) is 26.9 Å². The number of benzene rings is 1. The Morgan fingerprint density at radius 2 is 1.68 bits per heavy atom. The number of hydrogen-bond donors (Lipinski definition) is 0. The first-order valence-electron chi connectivity index (χ1n) is 8.80. The fourth-order valence-electron chi connectivity index (χ4n) is 2.67. The van der Waals surface area contributed by atoms with Gasteiger partial charge in [-0.1, -0.05) is 31.9 Å². The summed E-state index contributed by atoms with van der Waals surface area (Å²) in [7, 11) is 0. The zero-order chi connectivity index (χ0) is 17.5. The summed E-state index contributed by atoms with van der Waals surface area (Å²) in [6, 6.07) is 9.83. The van der Waals surface area contributed by atoms with E-state index in [-0.39, 0.29) is 6.17 Å². The molecule has 1 aromatic carbocycles. The van der Waals surface area contributed by atoms with Gasteiger partial charge in [0, 0.05) is 24.8 Å². The molecule has 0 N–H and O–H groups in total. The maximum atomic E-state index is 5.75. The fraction of sp³-hybridized carbons (Fsp3) is 0.400. The largest absolute Gasteiger partial charge is 0.494 e. The smallest absolute Gasteiger partial charge is 0.164 e. The molecule has 0 saturated carbocycles. The molecular formula is C20H24N4O. The molecule has 0 unspecified atom stereocenters. The lowest BCUT2D eigenvalue weighted by Crippen LogP contribution is -2.31. The predicted octanol–water partition coefficient (Wildman–Crippen LogP) is 4.16. The lowest BCUT2D eigenvalue weighted by atomic mass is 9.91. The summed E-state index contributed by atoms with van der Waals surface area (Å²) in [5.41, 5.74) is 0.588. The first-order valence-corrected chi connectivity index (χ1v) is 8.80. The van der Waals surface area contributed by atoms with Crippen LogP contribution < -0.4 is 4.74 Å². The van der Waals surface area contributed by atoms with Gasteiger partial charge in [0.1, 0.15) is 11.6 Å². The maximum absolute atomic E-state index is 5.75. The molecule has 5 heteroatoms. The summed E-state index contributed by atoms with van der Waals surface area (Å²) in [5.74, 6) is 1.60. The Balaban J connectivity index is 1.63. The third kappa shape index (κ3) is 4.29. The summed E-state index contributed by atoms with van der Waals surface area (Å²) in [6.07, 6.45) is 10.5. The monoisotopic (exact) mass is 336 g/mol. The van der Waals surface area contributed by atoms with E-state index in [1.54, 1.807) is 18.5 Å². The van der Waals surface area contributed by atoms with E-state index in [0.29, 0.717) is 5.82 Å². The molecule has 25 heavy (non-hydrogen) atoms. The molecule has 5 nitrogen and oxygen atoms in total. The molecule has 0 aliphatic carbocycles. The van der Waals surface area contributed by atoms with E-state index in [0.717, 1.165) is 24.3 Å². The van der Waals surface area contributed by atoms with Crippen molar-refractivity contribution in [2.24, 2.45) is 9.98 Å². The molecule has 0 atom stereocenters. The summed E-state index contributed by atoms with van der Waals surface area (Å²) in [4.78, 5) is 17.8. The normalized spacial score (nSPS) is 22.1. The van der Waals surface area contributed by atoms with Crippen molar-refractivity contribution in [2.75, 3.05) is 6.61 Å². The van der Waals surface area contributed by atoms with Gasteiger partial charge in [0.2, 0.25) is 0 Å². The lowest BCUT2D eigenvalue weighted by Gasteiger charge is -2.23. The Morgan fingerprint density at radius 1 is 1.00 bits per heavy atom. The summed E-state index contributed by atoms with van der Waals surface area (Å²) in [6.45, 7) is 4.97. The number of rotatable bonds is 7. The Kier molecular flexibility index (Phi) is 5.53. The van der Waals surface area contributed by atoms with Gasteiger partial charge in [0.15, 0.2) is 6.17 Å². The molecule has 2 heterocycles. The molecule has 2 aromatic rings. The highest BCUT2D eigenvalue weighted by Gasteiger charge is 2.29. The van der Waals surface area contributed by atoms with Crippen LogP contribution in [0.4, 0.5) is 0 Å². The first kappa shape index (κ1) is 17.3. The number of unbranched alkanes of at least 4 members (excludes halogenated alkanes) is 2. The summed E-state index contributed by atoms with van der Waals surface area (Å²) in [5, 5.41) is 0. The van der Waals surface area contributed by atoms with Crippen molar-refractivity contribution < 1.29 is 4.74 Å². The van der Waals surface area contributed by atoms with Gasteiger partial charge in [-0.2, -0.15) is 0 Å². The van der Waals surface area contributed by atoms with Crippen LogP contribution in [0.5, 0.6) is 5.75 Å². The summed E-state index contributed by atoms with van der Waals surface area (Å²) >= 11 is 0. The van der Waals surface area contributed by atoms with Gasteiger partial charge in [-0.05, 0) is 37.1 Å². The molecule has 0 fully saturated rings. The van der Waals surface area contributed by atoms with Crippen molar-refractivity contribution in [1.29, 1.82) is 0 Å². The quantitative estimate of drug-likeness (QED) is 0.713. The SMILES string of the molecule is CCCCCOc1ccc(C2N=CC(C)(c3ncccn3)C=N2)cc1. The molecule has 3 rings (SSSR count). The van der Waals surface area contributed by atoms with E-state index >= 15 is 0 Å². The predicted molar refractivity (Wildman–Crippen MR) is 101 cm³/mol. The fourth-order valence-corrected chi connectivity index (χ4v) is 2.67. The minimum atomic E-state index is -0.458. The average Bonchev–Trinajstić information content (AvgIpc) is 2.67. The number of aromatic nitrogens is 2. The second-order valence-corrected chi connectivity index (χ2v) is 6.41. The van der Waals surface area contributed by atoms with Crippen LogP contribution in [-0.4, -0.2) is 29.0 Å². The van der Waals surface area contributed by atoms with Crippen molar-refractivity contribution in [3.63, 3.8) is 0 Å². The lowest BCUT2D eigenvalue weighted by molar-refractivity contribution is 0.306. The van der Waals surface area contributed by atoms with E-state index in [1.165, 1.54) is 12.8 Å². The van der Waals surface area contributed by atoms with E-state index in [9.17, 15) is 0 Å². The standard InChI is InChI=1S/C20H24N4O/c1-3-4-5-13-25-17-9-7-16(8-10-17)18-23-14-20(2,15-24-18)19-21-11-6-12-22-19/h6-12,14-15,18H,3-5,13H2,1-2H3. The van der Waals surface area contributed by atoms with Crippen LogP contribution in [0.25, 0.3) is 0 Å². The van der Waals surface area contributed by atoms with Crippen LogP contribution in [0.2, 0.25) is 0 Å². The van der Waals surface area contributed by atoms with Crippen molar-refractivity contribution in [3.05, 3.63) is 54.1 Å². The molecule has 1 aliphatic heterocycles. The summed E-state index contributed by atoms with van der Waals surface area (Å²) < 4.78 is 5.75. The highest BCUT2D eigenvalue weighted by molar-refractivity contribution is 5.96. The maximum Gasteiger partial charge on any atom is 0.164 e. The zero-order valence-electron chi connectivity index (χ0n) is 14.8. The van der Waals surface area contributed by atoms with Crippen molar-refractivity contribution in [3.8, 4) is 5.75 Å². The molecule has 0 radical (unpaired) electrons. The Hall–Kier alpha value is -2.56. The minimum Gasteiger partial charge on any atom is -0.494 e. The number of hydrogen-bond acceptors (Lipinski definition) is 5. The van der Waals surface area contributed by atoms with Gasteiger partial charge in [0.25, 0.3) is 0 Å². The Labute approximate surface area is 148 Å². The van der Waals surface area contributed by atoms with Gasteiger partial charge in [-0.25, -0.2) is 9.97 Å². The highest BCUT2D eigenvalue weighted by Crippen LogP contribution is 2.27. The van der Waals surface area contributed by atoms with Crippen LogP contribution in [0.15, 0.2) is 52.7 Å². The van der Waals surface area contributed by atoms with Gasteiger partial charge in [-0.3, -0.25) is 9.98 Å². The number of aliphatic imine (C=N–C) groups is 2. The number of ether oxygens (including phenoxy) is 1. The van der Waals surface area contributed by atoms with Crippen molar-refractivity contribution >= 4 is 12.4 Å². The van der Waals surface area contributed by atoms with E-state index in [4.69, 9.17) is 4.74 Å². The van der Waals surface area contributed by atoms with Crippen LogP contribution >= 0.6 is 0 Å². The third-order valence-corrected chi connectivity index (χ3v) is 4.21. The molecule has 1 aromatic heterocycles. The molecule has 130 valence electrons. The van der Waals surface area contributed by atoms with Crippen LogP contribution in [0.1, 0.15) is 50.7 Å². The van der Waals surface area contributed by atoms with Gasteiger partial charge in [-0.15, -0.1) is 0 Å². The topological polar surface area (TPSA) is 59.7 Å².